The smallest absolute Gasteiger partial charge is 0.414 e. The largest absolute Gasteiger partial charge is 0.469 e. The number of cyclic esters (lactones) is 1. The number of carbonyl (C=O) groups excluding carboxylic acids is 4. The number of nitrogens with one attached hydrogen (secondary N) is 1. The van der Waals surface area contributed by atoms with E-state index in [1.807, 2.05) is 30.3 Å². The number of anilines is 2. The molecule has 2 aromatic carbocycles. The molecule has 3 aromatic rings. The van der Waals surface area contributed by atoms with Crippen LogP contribution in [0.1, 0.15) is 23.4 Å². The molecule has 5 rings (SSSR count). The van der Waals surface area contributed by atoms with Gasteiger partial charge in [0, 0.05) is 56.4 Å². The van der Waals surface area contributed by atoms with Gasteiger partial charge in [0.05, 0.1) is 25.9 Å². The van der Waals surface area contributed by atoms with Crippen molar-refractivity contribution in [2.24, 2.45) is 0 Å². The zero-order chi connectivity index (χ0) is 30.5. The lowest BCUT2D eigenvalue weighted by molar-refractivity contribution is -0.141. The van der Waals surface area contributed by atoms with E-state index in [4.69, 9.17) is 9.26 Å². The number of hydrogen-bond donors (Lipinski definition) is 1. The van der Waals surface area contributed by atoms with Gasteiger partial charge in [-0.15, -0.1) is 0 Å². The average molecular weight is 598 g/mol. The summed E-state index contributed by atoms with van der Waals surface area (Å²) in [4.78, 5) is 52.9. The number of hydrogen-bond acceptors (Lipinski definition) is 9. The molecular weight excluding hydrogens is 568 g/mol. The SMILES string of the molecule is COC(=O)CC[C@H]1CN(c2cc(F)c(N3CCN(C(=O)CNC(=O)c4cc(-c5ccccc5)no4)CC3)c(F)c2)C(=O)O1. The third-order valence-electron chi connectivity index (χ3n) is 7.24. The number of ether oxygens (including phenoxy) is 2. The first-order valence-corrected chi connectivity index (χ1v) is 13.6. The lowest BCUT2D eigenvalue weighted by Crippen LogP contribution is -2.51. The Bertz CT molecular complexity index is 1480. The van der Waals surface area contributed by atoms with E-state index < -0.39 is 35.7 Å². The van der Waals surface area contributed by atoms with Crippen LogP contribution in [-0.4, -0.2) is 86.4 Å². The second-order valence-electron chi connectivity index (χ2n) is 9.98. The molecule has 43 heavy (non-hydrogen) atoms. The number of carbonyl (C=O) groups is 4. The highest BCUT2D eigenvalue weighted by Gasteiger charge is 2.34. The fourth-order valence-electron chi connectivity index (χ4n) is 4.94. The van der Waals surface area contributed by atoms with Gasteiger partial charge in [0.25, 0.3) is 5.91 Å². The van der Waals surface area contributed by atoms with E-state index in [1.165, 1.54) is 23.0 Å². The molecule has 1 N–H and O–H groups in total. The summed E-state index contributed by atoms with van der Waals surface area (Å²) in [7, 11) is 1.25. The molecule has 1 aromatic heterocycles. The topological polar surface area (TPSA) is 135 Å². The summed E-state index contributed by atoms with van der Waals surface area (Å²) >= 11 is 0. The Morgan fingerprint density at radius 2 is 1.74 bits per heavy atom. The van der Waals surface area contributed by atoms with Crippen molar-refractivity contribution in [1.29, 1.82) is 0 Å². The molecule has 2 fully saturated rings. The van der Waals surface area contributed by atoms with Crippen molar-refractivity contribution >= 4 is 35.3 Å². The Hall–Kier alpha value is -5.01. The third-order valence-corrected chi connectivity index (χ3v) is 7.24. The Labute approximate surface area is 245 Å². The molecule has 12 nitrogen and oxygen atoms in total. The van der Waals surface area contributed by atoms with Crippen LogP contribution in [0.15, 0.2) is 53.1 Å². The van der Waals surface area contributed by atoms with Crippen molar-refractivity contribution in [1.82, 2.24) is 15.4 Å². The number of esters is 1. The summed E-state index contributed by atoms with van der Waals surface area (Å²) in [6.07, 6.45) is -1.11. The quantitative estimate of drug-likeness (QED) is 0.370. The van der Waals surface area contributed by atoms with Gasteiger partial charge in [-0.25, -0.2) is 13.6 Å². The highest BCUT2D eigenvalue weighted by atomic mass is 19.1. The first kappa shape index (κ1) is 29.5. The molecule has 0 saturated carbocycles. The van der Waals surface area contributed by atoms with E-state index >= 15 is 8.78 Å². The van der Waals surface area contributed by atoms with Gasteiger partial charge in [-0.1, -0.05) is 35.5 Å². The molecule has 0 unspecified atom stereocenters. The van der Waals surface area contributed by atoms with Gasteiger partial charge < -0.3 is 29.1 Å². The highest BCUT2D eigenvalue weighted by Crippen LogP contribution is 2.32. The molecule has 226 valence electrons. The minimum atomic E-state index is -0.866. The molecule has 14 heteroatoms. The Balaban J connectivity index is 1.13. The lowest BCUT2D eigenvalue weighted by atomic mass is 10.1. The van der Waals surface area contributed by atoms with E-state index in [0.29, 0.717) is 5.69 Å². The maximum atomic E-state index is 15.1. The standard InChI is InChI=1S/C29H29F2N5O7/c1-41-26(38)8-7-20-17-36(29(40)42-20)19-13-21(30)27(22(31)14-19)35-11-9-34(10-12-35)25(37)16-32-28(39)24-15-23(33-43-24)18-5-3-2-4-6-18/h2-6,13-15,20H,7-12,16-17H2,1H3,(H,32,39)/t20-/m0/s1. The first-order valence-electron chi connectivity index (χ1n) is 13.6. The average Bonchev–Trinajstić information content (AvgIpc) is 3.66. The summed E-state index contributed by atoms with van der Waals surface area (Å²) in [5, 5.41) is 6.40. The second-order valence-corrected chi connectivity index (χ2v) is 9.98. The van der Waals surface area contributed by atoms with Gasteiger partial charge in [-0.2, -0.15) is 0 Å². The van der Waals surface area contributed by atoms with Crippen molar-refractivity contribution in [3.05, 3.63) is 65.9 Å². The van der Waals surface area contributed by atoms with E-state index in [-0.39, 0.29) is 75.2 Å². The van der Waals surface area contributed by atoms with Crippen molar-refractivity contribution in [3.8, 4) is 11.3 Å². The fraction of sp³-hybridized carbons (Fsp3) is 0.345. The van der Waals surface area contributed by atoms with Crippen molar-refractivity contribution in [2.75, 3.05) is 56.2 Å². The van der Waals surface area contributed by atoms with E-state index in [1.54, 1.807) is 0 Å². The van der Waals surface area contributed by atoms with E-state index in [0.717, 1.165) is 22.6 Å². The van der Waals surface area contributed by atoms with Crippen LogP contribution in [0.2, 0.25) is 0 Å². The zero-order valence-electron chi connectivity index (χ0n) is 23.3. The maximum absolute atomic E-state index is 15.1. The maximum Gasteiger partial charge on any atom is 0.414 e. The number of aromatic nitrogens is 1. The molecule has 0 radical (unpaired) electrons. The van der Waals surface area contributed by atoms with E-state index in [9.17, 15) is 19.2 Å². The van der Waals surface area contributed by atoms with Gasteiger partial charge in [0.1, 0.15) is 17.5 Å². The van der Waals surface area contributed by atoms with Crippen LogP contribution in [0.25, 0.3) is 11.3 Å². The summed E-state index contributed by atoms with van der Waals surface area (Å²) in [6.45, 7) is 0.403. The van der Waals surface area contributed by atoms with Gasteiger partial charge >= 0.3 is 12.1 Å². The van der Waals surface area contributed by atoms with Crippen LogP contribution in [0.5, 0.6) is 0 Å². The van der Waals surface area contributed by atoms with Crippen LogP contribution in [0.4, 0.5) is 25.0 Å². The predicted molar refractivity (Wildman–Crippen MR) is 148 cm³/mol. The number of rotatable bonds is 9. The summed E-state index contributed by atoms with van der Waals surface area (Å²) < 4.78 is 45.2. The molecule has 2 saturated heterocycles. The molecule has 2 aliphatic heterocycles. The highest BCUT2D eigenvalue weighted by molar-refractivity contribution is 5.95. The van der Waals surface area contributed by atoms with Gasteiger partial charge in [0.2, 0.25) is 11.7 Å². The van der Waals surface area contributed by atoms with Crippen LogP contribution >= 0.6 is 0 Å². The summed E-state index contributed by atoms with van der Waals surface area (Å²) in [5.41, 5.74) is 0.998. The lowest BCUT2D eigenvalue weighted by Gasteiger charge is -2.36. The minimum absolute atomic E-state index is 0.00322. The first-order chi connectivity index (χ1) is 20.7. The number of benzene rings is 2. The summed E-state index contributed by atoms with van der Waals surface area (Å²) in [5.74, 6) is -3.18. The van der Waals surface area contributed by atoms with Gasteiger partial charge in [0.15, 0.2) is 11.6 Å². The van der Waals surface area contributed by atoms with Crippen molar-refractivity contribution in [3.63, 3.8) is 0 Å². The number of nitrogens with zero attached hydrogens (tertiary/aromatic N) is 4. The monoisotopic (exact) mass is 597 g/mol. The third kappa shape index (κ3) is 6.74. The molecular formula is C29H29F2N5O7. The second kappa shape index (κ2) is 12.9. The number of piperazine rings is 1. The minimum Gasteiger partial charge on any atom is -0.469 e. The van der Waals surface area contributed by atoms with Gasteiger partial charge in [-0.3, -0.25) is 19.3 Å². The molecule has 0 bridgehead atoms. The number of methoxy groups -OCH3 is 1. The number of amides is 3. The molecule has 1 atom stereocenters. The molecule has 2 aliphatic rings. The van der Waals surface area contributed by atoms with Crippen LogP contribution < -0.4 is 15.1 Å². The Morgan fingerprint density at radius 1 is 1.05 bits per heavy atom. The normalized spacial score (nSPS) is 16.7. The van der Waals surface area contributed by atoms with Crippen LogP contribution in [-0.2, 0) is 19.1 Å². The summed E-state index contributed by atoms with van der Waals surface area (Å²) in [6, 6.07) is 12.8. The molecule has 3 amide bonds. The van der Waals surface area contributed by atoms with Crippen molar-refractivity contribution in [2.45, 2.75) is 18.9 Å². The molecule has 3 heterocycles. The van der Waals surface area contributed by atoms with E-state index in [2.05, 4.69) is 15.2 Å². The van der Waals surface area contributed by atoms with Crippen LogP contribution in [0, 0.1) is 11.6 Å². The Morgan fingerprint density at radius 3 is 2.42 bits per heavy atom. The molecule has 0 aliphatic carbocycles. The Kier molecular flexibility index (Phi) is 8.83. The van der Waals surface area contributed by atoms with Crippen LogP contribution in [0.3, 0.4) is 0 Å². The molecule has 0 spiro atoms. The van der Waals surface area contributed by atoms with Crippen molar-refractivity contribution < 1.29 is 42.0 Å². The fourth-order valence-corrected chi connectivity index (χ4v) is 4.94. The number of halogens is 2. The zero-order valence-corrected chi connectivity index (χ0v) is 23.3. The van der Waals surface area contributed by atoms with Gasteiger partial charge in [-0.05, 0) is 6.42 Å². The predicted octanol–water partition coefficient (Wildman–Crippen LogP) is 2.98.